The van der Waals surface area contributed by atoms with E-state index in [2.05, 4.69) is 18.7 Å². The molecular weight excluding hydrogens is 152 g/mol. The van der Waals surface area contributed by atoms with Gasteiger partial charge in [0.15, 0.2) is 0 Å². The van der Waals surface area contributed by atoms with Gasteiger partial charge in [-0.2, -0.15) is 11.8 Å². The van der Waals surface area contributed by atoms with Crippen LogP contribution in [-0.4, -0.2) is 10.00 Å². The lowest BCUT2D eigenvalue weighted by molar-refractivity contribution is 0.422. The minimum Gasteiger partial charge on any atom is -0.152 e. The van der Waals surface area contributed by atoms with Gasteiger partial charge in [0.05, 0.1) is 0 Å². The highest BCUT2D eigenvalue weighted by atomic mass is 32.2. The molecule has 0 radical (unpaired) electrons. The van der Waals surface area contributed by atoms with Gasteiger partial charge in [-0.15, -0.1) is 0 Å². The molecule has 0 aromatic rings. The molecule has 0 nitrogen and oxygen atoms in total. The smallest absolute Gasteiger partial charge is 0.0134 e. The molecule has 2 fully saturated rings. The first-order valence-electron chi connectivity index (χ1n) is 4.96. The molecule has 0 spiro atoms. The van der Waals surface area contributed by atoms with Crippen LogP contribution in [0.5, 0.6) is 0 Å². The van der Waals surface area contributed by atoms with Gasteiger partial charge in [0.1, 0.15) is 0 Å². The van der Waals surface area contributed by atoms with E-state index in [4.69, 9.17) is 0 Å². The third-order valence-electron chi connectivity index (χ3n) is 2.89. The van der Waals surface area contributed by atoms with Crippen molar-refractivity contribution in [2.75, 3.05) is 0 Å². The molecule has 0 N–H and O–H groups in total. The van der Waals surface area contributed by atoms with Crippen LogP contribution in [0, 0.1) is 0 Å². The van der Waals surface area contributed by atoms with Crippen molar-refractivity contribution in [1.82, 2.24) is 0 Å². The quantitative estimate of drug-likeness (QED) is 0.610. The topological polar surface area (TPSA) is 0 Å². The Morgan fingerprint density at radius 3 is 2.27 bits per heavy atom. The Balaban J connectivity index is 1.84. The lowest BCUT2D eigenvalue weighted by Gasteiger charge is -2.33. The molecule has 0 aromatic heterocycles. The van der Waals surface area contributed by atoms with Crippen LogP contribution < -0.4 is 0 Å². The maximum absolute atomic E-state index is 2.48. The summed E-state index contributed by atoms with van der Waals surface area (Å²) in [5.41, 5.74) is 0. The third kappa shape index (κ3) is 2.14. The van der Waals surface area contributed by atoms with Crippen molar-refractivity contribution in [1.29, 1.82) is 0 Å². The van der Waals surface area contributed by atoms with Crippen molar-refractivity contribution in [3.8, 4) is 0 Å². The highest BCUT2D eigenvalue weighted by molar-refractivity contribution is 8.01. The minimum absolute atomic E-state index is 0.680. The lowest BCUT2D eigenvalue weighted by atomic mass is 9.90. The zero-order valence-corrected chi connectivity index (χ0v) is 8.25. The van der Waals surface area contributed by atoms with Crippen molar-refractivity contribution < 1.29 is 0 Å². The van der Waals surface area contributed by atoms with E-state index in [1.165, 1.54) is 44.9 Å². The third-order valence-corrected chi connectivity index (χ3v) is 4.67. The predicted molar refractivity (Wildman–Crippen MR) is 52.1 cm³/mol. The Morgan fingerprint density at radius 1 is 1.09 bits per heavy atom. The fourth-order valence-electron chi connectivity index (χ4n) is 2.01. The predicted octanol–water partition coefficient (Wildman–Crippen LogP) is 3.60. The molecule has 0 bridgehead atoms. The Kier molecular flexibility index (Phi) is 2.18. The monoisotopic (exact) mass is 170 g/mol. The van der Waals surface area contributed by atoms with Gasteiger partial charge >= 0.3 is 0 Å². The van der Waals surface area contributed by atoms with Gasteiger partial charge in [-0.05, 0) is 25.7 Å². The zero-order valence-electron chi connectivity index (χ0n) is 7.44. The summed E-state index contributed by atoms with van der Waals surface area (Å²) < 4.78 is 0.680. The molecule has 0 atom stereocenters. The molecule has 0 aliphatic heterocycles. The van der Waals surface area contributed by atoms with Gasteiger partial charge in [-0.3, -0.25) is 0 Å². The Labute approximate surface area is 74.1 Å². The van der Waals surface area contributed by atoms with Gasteiger partial charge in [0.2, 0.25) is 0 Å². The fraction of sp³-hybridized carbons (Fsp3) is 1.00. The summed E-state index contributed by atoms with van der Waals surface area (Å²) in [5.74, 6) is 0. The number of hydrogen-bond donors (Lipinski definition) is 0. The molecule has 2 aliphatic carbocycles. The Hall–Kier alpha value is 0.350. The average molecular weight is 170 g/mol. The van der Waals surface area contributed by atoms with Crippen LogP contribution in [0.2, 0.25) is 0 Å². The van der Waals surface area contributed by atoms with Crippen molar-refractivity contribution in [3.05, 3.63) is 0 Å². The number of thioether (sulfide) groups is 1. The van der Waals surface area contributed by atoms with Gasteiger partial charge < -0.3 is 0 Å². The van der Waals surface area contributed by atoms with E-state index in [1.54, 1.807) is 0 Å². The Morgan fingerprint density at radius 2 is 1.73 bits per heavy atom. The number of hydrogen-bond acceptors (Lipinski definition) is 1. The summed E-state index contributed by atoms with van der Waals surface area (Å²) in [6.45, 7) is 2.48. The number of rotatable bonds is 2. The van der Waals surface area contributed by atoms with E-state index in [0.29, 0.717) is 4.75 Å². The van der Waals surface area contributed by atoms with Crippen LogP contribution in [0.1, 0.15) is 51.9 Å². The lowest BCUT2D eigenvalue weighted by Crippen LogP contribution is -2.24. The van der Waals surface area contributed by atoms with E-state index < -0.39 is 0 Å². The van der Waals surface area contributed by atoms with Gasteiger partial charge in [0, 0.05) is 10.00 Å². The van der Waals surface area contributed by atoms with E-state index >= 15 is 0 Å². The van der Waals surface area contributed by atoms with E-state index in [1.807, 2.05) is 0 Å². The van der Waals surface area contributed by atoms with E-state index in [9.17, 15) is 0 Å². The second-order valence-corrected chi connectivity index (χ2v) is 6.22. The van der Waals surface area contributed by atoms with Crippen LogP contribution in [-0.2, 0) is 0 Å². The first-order chi connectivity index (χ1) is 5.29. The molecule has 0 heterocycles. The summed E-state index contributed by atoms with van der Waals surface area (Å²) in [4.78, 5) is 0. The molecular formula is C10H18S. The largest absolute Gasteiger partial charge is 0.152 e. The van der Waals surface area contributed by atoms with Crippen LogP contribution in [0.4, 0.5) is 0 Å². The molecule has 0 unspecified atom stereocenters. The summed E-state index contributed by atoms with van der Waals surface area (Å²) in [5, 5.41) is 1.05. The highest BCUT2D eigenvalue weighted by Gasteiger charge is 2.34. The minimum atomic E-state index is 0.680. The van der Waals surface area contributed by atoms with Gasteiger partial charge in [-0.1, -0.05) is 26.2 Å². The fourth-order valence-corrected chi connectivity index (χ4v) is 3.71. The van der Waals surface area contributed by atoms with Crippen LogP contribution in [0.15, 0.2) is 0 Å². The van der Waals surface area contributed by atoms with Crippen molar-refractivity contribution in [3.63, 3.8) is 0 Å². The zero-order chi connectivity index (χ0) is 7.73. The first kappa shape index (κ1) is 7.97. The van der Waals surface area contributed by atoms with Gasteiger partial charge in [-0.25, -0.2) is 0 Å². The van der Waals surface area contributed by atoms with Crippen molar-refractivity contribution in [2.24, 2.45) is 0 Å². The van der Waals surface area contributed by atoms with Gasteiger partial charge in [0.25, 0.3) is 0 Å². The standard InChI is InChI=1S/C10H18S/c1-10(11-9-5-6-9)7-3-2-4-8-10/h9H,2-8H2,1H3. The average Bonchev–Trinajstić information content (AvgIpc) is 2.72. The summed E-state index contributed by atoms with van der Waals surface area (Å²) >= 11 is 2.29. The molecule has 0 aromatic carbocycles. The van der Waals surface area contributed by atoms with Crippen LogP contribution in [0.3, 0.4) is 0 Å². The molecule has 0 saturated heterocycles. The molecule has 0 amide bonds. The summed E-state index contributed by atoms with van der Waals surface area (Å²) in [6.07, 6.45) is 10.4. The van der Waals surface area contributed by atoms with E-state index in [-0.39, 0.29) is 0 Å². The van der Waals surface area contributed by atoms with Crippen LogP contribution in [0.25, 0.3) is 0 Å². The SMILES string of the molecule is CC1(SC2CC2)CCCCC1. The Bertz CT molecular complexity index is 132. The molecule has 11 heavy (non-hydrogen) atoms. The summed E-state index contributed by atoms with van der Waals surface area (Å²) in [7, 11) is 0. The maximum atomic E-state index is 2.48. The second-order valence-electron chi connectivity index (χ2n) is 4.33. The van der Waals surface area contributed by atoms with Crippen molar-refractivity contribution >= 4 is 11.8 Å². The molecule has 2 rings (SSSR count). The van der Waals surface area contributed by atoms with Crippen molar-refractivity contribution in [2.45, 2.75) is 61.9 Å². The maximum Gasteiger partial charge on any atom is 0.0134 e. The summed E-state index contributed by atoms with van der Waals surface area (Å²) in [6, 6.07) is 0. The first-order valence-corrected chi connectivity index (χ1v) is 5.84. The highest BCUT2D eigenvalue weighted by Crippen LogP contribution is 2.48. The second kappa shape index (κ2) is 3.01. The molecule has 2 saturated carbocycles. The van der Waals surface area contributed by atoms with E-state index in [0.717, 1.165) is 5.25 Å². The van der Waals surface area contributed by atoms with Crippen LogP contribution >= 0.6 is 11.8 Å². The molecule has 1 heteroatoms. The normalized spacial score (nSPS) is 30.3. The molecule has 2 aliphatic rings. The molecule has 64 valence electrons.